The number of hydrogen-bond acceptors (Lipinski definition) is 9. The van der Waals surface area contributed by atoms with Crippen LogP contribution >= 0.6 is 7.82 Å². The quantitative estimate of drug-likeness (QED) is 0.405. The van der Waals surface area contributed by atoms with Crippen LogP contribution in [0.5, 0.6) is 0 Å². The average Bonchev–Trinajstić information content (AvgIpc) is 3.19. The van der Waals surface area contributed by atoms with Crippen LogP contribution in [0.1, 0.15) is 18.7 Å². The molecule has 2 aromatic heterocycles. The molecule has 12 heteroatoms. The Kier molecular flexibility index (Phi) is 6.28. The first kappa shape index (κ1) is 21.1. The topological polar surface area (TPSA) is 124 Å². The van der Waals surface area contributed by atoms with Crippen LogP contribution in [0.15, 0.2) is 43.0 Å². The molecule has 1 aliphatic heterocycles. The van der Waals surface area contributed by atoms with Crippen LogP contribution in [-0.4, -0.2) is 62.5 Å². The Balaban J connectivity index is 1.60. The van der Waals surface area contributed by atoms with Gasteiger partial charge in [0.15, 0.2) is 0 Å². The van der Waals surface area contributed by atoms with E-state index in [4.69, 9.17) is 13.8 Å². The summed E-state index contributed by atoms with van der Waals surface area (Å²) in [5.41, 5.74) is 2.19. The first-order valence-electron chi connectivity index (χ1n) is 9.72. The summed E-state index contributed by atoms with van der Waals surface area (Å²) in [6.45, 7) is 2.40. The van der Waals surface area contributed by atoms with E-state index in [0.717, 1.165) is 5.56 Å². The second kappa shape index (κ2) is 8.93. The van der Waals surface area contributed by atoms with Gasteiger partial charge in [-0.05, 0) is 0 Å². The fourth-order valence-corrected chi connectivity index (χ4v) is 4.31. The van der Waals surface area contributed by atoms with E-state index in [1.165, 1.54) is 13.9 Å². The fraction of sp³-hybridized carbons (Fsp3) is 0.389. The first-order valence-corrected chi connectivity index (χ1v) is 12.0. The maximum atomic E-state index is 10.7. The maximum absolute atomic E-state index is 10.7. The van der Waals surface area contributed by atoms with E-state index in [1.54, 1.807) is 17.8 Å². The summed E-state index contributed by atoms with van der Waals surface area (Å²) < 4.78 is 18.5. The van der Waals surface area contributed by atoms with Crippen molar-refractivity contribution >= 4 is 32.4 Å². The Morgan fingerprint density at radius 1 is 1.20 bits per heavy atom. The van der Waals surface area contributed by atoms with Gasteiger partial charge in [0.25, 0.3) is 0 Å². The van der Waals surface area contributed by atoms with Crippen LogP contribution in [0.2, 0.25) is 0 Å². The molecule has 30 heavy (non-hydrogen) atoms. The number of aliphatic hydroxyl groups excluding tert-OH is 1. The molecule has 3 heterocycles. The molecule has 0 bridgehead atoms. The van der Waals surface area contributed by atoms with Crippen molar-refractivity contribution < 1.29 is 23.8 Å². The third kappa shape index (κ3) is 4.78. The molecule has 10 nitrogen and oxygen atoms in total. The van der Waals surface area contributed by atoms with Crippen molar-refractivity contribution in [2.45, 2.75) is 31.9 Å². The minimum atomic E-state index is -3.31. The van der Waals surface area contributed by atoms with Crippen molar-refractivity contribution in [2.24, 2.45) is 0 Å². The molecule has 0 radical (unpaired) electrons. The molecule has 4 rings (SSSR count). The standard InChI is InChI=1S/C18H25BN5O5P/c1-12-8-27-30(19,26)28-9-14(25)18(29-12)24-11-23-15-16(21-10-22-17(15)24)20-7-13-5-3-2-4-6-13/h2-6,10-12,14,18,25-26,30H,7-9,19H2,1H3,(H,20,21,22)/t12-,14-,18+/m0/s1. The van der Waals surface area contributed by atoms with Crippen molar-refractivity contribution in [2.75, 3.05) is 18.5 Å². The zero-order valence-electron chi connectivity index (χ0n) is 16.8. The van der Waals surface area contributed by atoms with Crippen LogP contribution in [0, 0.1) is 0 Å². The number of nitrogens with zero attached hydrogens (tertiary/aromatic N) is 4. The van der Waals surface area contributed by atoms with Gasteiger partial charge in [0.05, 0.1) is 0 Å². The summed E-state index contributed by atoms with van der Waals surface area (Å²) in [6.07, 6.45) is 0.743. The summed E-state index contributed by atoms with van der Waals surface area (Å²) >= 11 is 0. The number of nitrogens with one attached hydrogen (secondary N) is 1. The predicted octanol–water partition coefficient (Wildman–Crippen LogP) is 0.785. The second-order valence-corrected chi connectivity index (χ2v) is 9.68. The number of anilines is 1. The number of fused-ring (bicyclic) bond motifs is 1. The number of aliphatic hydroxyl groups is 1. The van der Waals surface area contributed by atoms with Crippen LogP contribution in [0.25, 0.3) is 11.2 Å². The van der Waals surface area contributed by atoms with Gasteiger partial charge in [-0.15, -0.1) is 0 Å². The van der Waals surface area contributed by atoms with Gasteiger partial charge in [0.1, 0.15) is 0 Å². The normalized spacial score (nSPS) is 25.8. The average molecular weight is 433 g/mol. The number of benzene rings is 1. The Morgan fingerprint density at radius 3 is 2.77 bits per heavy atom. The fourth-order valence-electron chi connectivity index (χ4n) is 3.20. The summed E-state index contributed by atoms with van der Waals surface area (Å²) in [7, 11) is -1.80. The number of rotatable bonds is 4. The van der Waals surface area contributed by atoms with E-state index in [1.807, 2.05) is 30.3 Å². The molecule has 0 amide bonds. The van der Waals surface area contributed by atoms with Gasteiger partial charge in [-0.25, -0.2) is 0 Å². The van der Waals surface area contributed by atoms with Crippen LogP contribution < -0.4 is 5.32 Å². The molecule has 0 unspecified atom stereocenters. The molecule has 3 N–H and O–H groups in total. The van der Waals surface area contributed by atoms with E-state index in [2.05, 4.69) is 20.3 Å². The zero-order chi connectivity index (χ0) is 21.1. The van der Waals surface area contributed by atoms with Gasteiger partial charge in [0, 0.05) is 0 Å². The van der Waals surface area contributed by atoms with Crippen LogP contribution in [0.3, 0.4) is 0 Å². The SMILES string of the molecule is B[PH]1(O)OC[C@H](C)O[C@@H](n2cnc3c(NCc4ccccc4)ncnc32)[C@@H](O)CO1. The molecule has 0 saturated carbocycles. The van der Waals surface area contributed by atoms with Crippen molar-refractivity contribution in [1.82, 2.24) is 19.5 Å². The molecule has 1 saturated heterocycles. The van der Waals surface area contributed by atoms with Gasteiger partial charge < -0.3 is 0 Å². The van der Waals surface area contributed by atoms with E-state index >= 15 is 0 Å². The summed E-state index contributed by atoms with van der Waals surface area (Å²) in [4.78, 5) is 23.3. The van der Waals surface area contributed by atoms with Gasteiger partial charge in [-0.2, -0.15) is 0 Å². The Bertz CT molecular complexity index is 992. The van der Waals surface area contributed by atoms with Crippen molar-refractivity contribution in [3.63, 3.8) is 0 Å². The number of imidazole rings is 1. The third-order valence-electron chi connectivity index (χ3n) is 4.74. The van der Waals surface area contributed by atoms with Crippen LogP contribution in [0.4, 0.5) is 5.82 Å². The van der Waals surface area contributed by atoms with E-state index < -0.39 is 20.2 Å². The molecule has 3 atom stereocenters. The summed E-state index contributed by atoms with van der Waals surface area (Å²) in [5.74, 6) is 0.586. The molecule has 3 aromatic rings. The van der Waals surface area contributed by atoms with E-state index in [9.17, 15) is 10.00 Å². The Morgan fingerprint density at radius 2 is 1.97 bits per heavy atom. The molecular weight excluding hydrogens is 408 g/mol. The van der Waals surface area contributed by atoms with Crippen molar-refractivity contribution in [3.05, 3.63) is 48.5 Å². The Labute approximate surface area is 175 Å². The molecule has 160 valence electrons. The molecule has 1 fully saturated rings. The van der Waals surface area contributed by atoms with Gasteiger partial charge >= 0.3 is 156 Å². The molecule has 0 aliphatic carbocycles. The van der Waals surface area contributed by atoms with Gasteiger partial charge in [-0.1, -0.05) is 18.2 Å². The predicted molar refractivity (Wildman–Crippen MR) is 116 cm³/mol. The number of aromatic nitrogens is 4. The van der Waals surface area contributed by atoms with E-state index in [-0.39, 0.29) is 19.3 Å². The molecule has 0 spiro atoms. The van der Waals surface area contributed by atoms with Crippen molar-refractivity contribution in [3.8, 4) is 0 Å². The number of hydrogen-bond donors (Lipinski definition) is 3. The molecular formula is C18H25BN5O5P. The molecule has 1 aliphatic rings. The van der Waals surface area contributed by atoms with Crippen LogP contribution in [-0.2, 0) is 20.3 Å². The van der Waals surface area contributed by atoms with Gasteiger partial charge in [-0.3, -0.25) is 0 Å². The minimum absolute atomic E-state index is 0.138. The monoisotopic (exact) mass is 433 g/mol. The third-order valence-corrected chi connectivity index (χ3v) is 6.15. The Hall–Kier alpha value is -2.14. The zero-order valence-corrected chi connectivity index (χ0v) is 17.8. The summed E-state index contributed by atoms with van der Waals surface area (Å²) in [6, 6.07) is 9.96. The molecule has 1 aromatic carbocycles. The second-order valence-electron chi connectivity index (χ2n) is 7.31. The first-order chi connectivity index (χ1) is 14.4. The van der Waals surface area contributed by atoms with E-state index in [0.29, 0.717) is 23.5 Å². The van der Waals surface area contributed by atoms with Crippen molar-refractivity contribution in [1.29, 1.82) is 0 Å². The van der Waals surface area contributed by atoms with Gasteiger partial charge in [0.2, 0.25) is 0 Å². The number of ether oxygens (including phenoxy) is 1. The summed E-state index contributed by atoms with van der Waals surface area (Å²) in [5, 5.41) is 14.0.